The van der Waals surface area contributed by atoms with E-state index in [1.54, 1.807) is 6.20 Å². The van der Waals surface area contributed by atoms with Crippen LogP contribution in [0.3, 0.4) is 0 Å². The van der Waals surface area contributed by atoms with Gasteiger partial charge < -0.3 is 10.1 Å². The third-order valence-electron chi connectivity index (χ3n) is 2.06. The van der Waals surface area contributed by atoms with Gasteiger partial charge in [-0.15, -0.1) is 0 Å². The molecule has 3 nitrogen and oxygen atoms in total. The zero-order valence-electron chi connectivity index (χ0n) is 7.86. The van der Waals surface area contributed by atoms with Gasteiger partial charge in [-0.2, -0.15) is 0 Å². The highest BCUT2D eigenvalue weighted by molar-refractivity contribution is 5.54. The number of rotatable bonds is 1. The van der Waals surface area contributed by atoms with Crippen LogP contribution >= 0.6 is 0 Å². The molecule has 0 aliphatic heterocycles. The minimum Gasteiger partial charge on any atom is -0.321 e. The molecule has 2 N–H and O–H groups in total. The van der Waals surface area contributed by atoms with Gasteiger partial charge >= 0.3 is 0 Å². The molecule has 68 valence electrons. The standard InChI is InChI=1S/C10H13N3/c1-10(2,11)9-8-4-3-6-13(8)7-5-12-9/h3-7H,11H2,1-2H3. The molecule has 0 aromatic carbocycles. The van der Waals surface area contributed by atoms with E-state index < -0.39 is 0 Å². The average Bonchev–Trinajstić information content (AvgIpc) is 2.48. The lowest BCUT2D eigenvalue weighted by Gasteiger charge is -2.18. The van der Waals surface area contributed by atoms with Gasteiger partial charge in [-0.25, -0.2) is 0 Å². The molecular weight excluding hydrogens is 162 g/mol. The maximum Gasteiger partial charge on any atom is 0.0836 e. The van der Waals surface area contributed by atoms with Crippen molar-refractivity contribution in [1.82, 2.24) is 9.38 Å². The Hall–Kier alpha value is -1.35. The summed E-state index contributed by atoms with van der Waals surface area (Å²) in [5.74, 6) is 0. The summed E-state index contributed by atoms with van der Waals surface area (Å²) in [6, 6.07) is 4.02. The highest BCUT2D eigenvalue weighted by Gasteiger charge is 2.18. The largest absolute Gasteiger partial charge is 0.321 e. The average molecular weight is 175 g/mol. The molecule has 0 saturated heterocycles. The summed E-state index contributed by atoms with van der Waals surface area (Å²) in [5, 5.41) is 0. The third kappa shape index (κ3) is 1.31. The molecule has 3 heteroatoms. The fourth-order valence-corrected chi connectivity index (χ4v) is 1.47. The fraction of sp³-hybridized carbons (Fsp3) is 0.300. The van der Waals surface area contributed by atoms with Crippen molar-refractivity contribution in [2.75, 3.05) is 0 Å². The quantitative estimate of drug-likeness (QED) is 0.714. The van der Waals surface area contributed by atoms with Crippen LogP contribution in [0.4, 0.5) is 0 Å². The second-order valence-corrected chi connectivity index (χ2v) is 3.80. The summed E-state index contributed by atoms with van der Waals surface area (Å²) in [6.07, 6.45) is 5.69. The Labute approximate surface area is 77.2 Å². The molecule has 0 amide bonds. The Morgan fingerprint density at radius 3 is 2.85 bits per heavy atom. The van der Waals surface area contributed by atoms with Gasteiger partial charge in [0.05, 0.1) is 16.7 Å². The van der Waals surface area contributed by atoms with Gasteiger partial charge in [0.2, 0.25) is 0 Å². The first-order valence-corrected chi connectivity index (χ1v) is 4.30. The molecule has 0 fully saturated rings. The summed E-state index contributed by atoms with van der Waals surface area (Å²) in [5.41, 5.74) is 7.63. The molecule has 0 spiro atoms. The lowest BCUT2D eigenvalue weighted by atomic mass is 10.0. The molecule has 2 heterocycles. The molecular formula is C10H13N3. The number of hydrogen-bond donors (Lipinski definition) is 1. The third-order valence-corrected chi connectivity index (χ3v) is 2.06. The molecule has 0 unspecified atom stereocenters. The first-order chi connectivity index (χ1) is 6.09. The minimum absolute atomic E-state index is 0.388. The Balaban J connectivity index is 2.75. The number of aromatic nitrogens is 2. The maximum atomic E-state index is 6.01. The highest BCUT2D eigenvalue weighted by atomic mass is 14.9. The van der Waals surface area contributed by atoms with Crippen molar-refractivity contribution in [2.45, 2.75) is 19.4 Å². The fourth-order valence-electron chi connectivity index (χ4n) is 1.47. The van der Waals surface area contributed by atoms with Crippen LogP contribution < -0.4 is 5.73 Å². The Morgan fingerprint density at radius 2 is 2.15 bits per heavy atom. The Kier molecular flexibility index (Phi) is 1.63. The van der Waals surface area contributed by atoms with Crippen molar-refractivity contribution < 1.29 is 0 Å². The summed E-state index contributed by atoms with van der Waals surface area (Å²) < 4.78 is 2.02. The zero-order valence-corrected chi connectivity index (χ0v) is 7.86. The van der Waals surface area contributed by atoms with Gasteiger partial charge in [0.15, 0.2) is 0 Å². The van der Waals surface area contributed by atoms with Crippen molar-refractivity contribution >= 4 is 5.52 Å². The number of hydrogen-bond acceptors (Lipinski definition) is 2. The normalized spacial score (nSPS) is 12.2. The molecule has 2 rings (SSSR count). The van der Waals surface area contributed by atoms with Crippen LogP contribution in [0, 0.1) is 0 Å². The van der Waals surface area contributed by atoms with Gasteiger partial charge in [0, 0.05) is 18.6 Å². The molecule has 2 aromatic rings. The lowest BCUT2D eigenvalue weighted by molar-refractivity contribution is 0.538. The molecule has 0 saturated carbocycles. The molecule has 0 radical (unpaired) electrons. The van der Waals surface area contributed by atoms with E-state index in [2.05, 4.69) is 4.98 Å². The van der Waals surface area contributed by atoms with Gasteiger partial charge in [0.1, 0.15) is 0 Å². The van der Waals surface area contributed by atoms with E-state index >= 15 is 0 Å². The van der Waals surface area contributed by atoms with Crippen LogP contribution in [0.25, 0.3) is 5.52 Å². The molecule has 2 aromatic heterocycles. The monoisotopic (exact) mass is 175 g/mol. The Bertz CT molecular complexity index is 423. The zero-order chi connectivity index (χ0) is 9.47. The molecule has 0 atom stereocenters. The second kappa shape index (κ2) is 2.57. The second-order valence-electron chi connectivity index (χ2n) is 3.80. The van der Waals surface area contributed by atoms with Gasteiger partial charge in [-0.3, -0.25) is 4.98 Å². The summed E-state index contributed by atoms with van der Waals surface area (Å²) >= 11 is 0. The van der Waals surface area contributed by atoms with Crippen LogP contribution in [0.1, 0.15) is 19.5 Å². The maximum absolute atomic E-state index is 6.01. The van der Waals surface area contributed by atoms with E-state index in [9.17, 15) is 0 Å². The first kappa shape index (κ1) is 8.26. The van der Waals surface area contributed by atoms with Crippen LogP contribution in [0.2, 0.25) is 0 Å². The van der Waals surface area contributed by atoms with E-state index in [0.717, 1.165) is 11.2 Å². The summed E-state index contributed by atoms with van der Waals surface area (Å²) in [7, 11) is 0. The van der Waals surface area contributed by atoms with Crippen LogP contribution in [-0.4, -0.2) is 9.38 Å². The van der Waals surface area contributed by atoms with Gasteiger partial charge in [-0.1, -0.05) is 0 Å². The predicted octanol–water partition coefficient (Wildman–Crippen LogP) is 1.53. The van der Waals surface area contributed by atoms with Crippen molar-refractivity contribution in [3.8, 4) is 0 Å². The van der Waals surface area contributed by atoms with Crippen molar-refractivity contribution in [2.24, 2.45) is 5.73 Å². The van der Waals surface area contributed by atoms with Crippen LogP contribution in [0.5, 0.6) is 0 Å². The topological polar surface area (TPSA) is 43.3 Å². The highest BCUT2D eigenvalue weighted by Crippen LogP contribution is 2.19. The molecule has 0 aliphatic carbocycles. The van der Waals surface area contributed by atoms with Crippen molar-refractivity contribution in [1.29, 1.82) is 0 Å². The number of nitrogens with zero attached hydrogens (tertiary/aromatic N) is 2. The van der Waals surface area contributed by atoms with Gasteiger partial charge in [0.25, 0.3) is 0 Å². The number of nitrogens with two attached hydrogens (primary N) is 1. The van der Waals surface area contributed by atoms with Crippen LogP contribution in [0.15, 0.2) is 30.7 Å². The van der Waals surface area contributed by atoms with Crippen LogP contribution in [-0.2, 0) is 5.54 Å². The van der Waals surface area contributed by atoms with E-state index in [-0.39, 0.29) is 5.54 Å². The van der Waals surface area contributed by atoms with Gasteiger partial charge in [-0.05, 0) is 26.0 Å². The smallest absolute Gasteiger partial charge is 0.0836 e. The predicted molar refractivity (Wildman–Crippen MR) is 52.4 cm³/mol. The summed E-state index contributed by atoms with van der Waals surface area (Å²) in [4.78, 5) is 4.30. The van der Waals surface area contributed by atoms with E-state index in [1.807, 2.05) is 42.8 Å². The summed E-state index contributed by atoms with van der Waals surface area (Å²) in [6.45, 7) is 3.92. The van der Waals surface area contributed by atoms with E-state index in [0.29, 0.717) is 0 Å². The SMILES string of the molecule is CC(C)(N)c1nccn2cccc12. The van der Waals surface area contributed by atoms with Crippen molar-refractivity contribution in [3.63, 3.8) is 0 Å². The lowest BCUT2D eigenvalue weighted by Crippen LogP contribution is -2.30. The van der Waals surface area contributed by atoms with Crippen molar-refractivity contribution in [3.05, 3.63) is 36.4 Å². The molecule has 13 heavy (non-hydrogen) atoms. The number of fused-ring (bicyclic) bond motifs is 1. The Morgan fingerprint density at radius 1 is 1.38 bits per heavy atom. The minimum atomic E-state index is -0.388. The van der Waals surface area contributed by atoms with E-state index in [1.165, 1.54) is 0 Å². The first-order valence-electron chi connectivity index (χ1n) is 4.30. The molecule has 0 bridgehead atoms. The van der Waals surface area contributed by atoms with E-state index in [4.69, 9.17) is 5.73 Å². The molecule has 0 aliphatic rings.